The number of halogens is 1. The van der Waals surface area contributed by atoms with Crippen LogP contribution < -0.4 is 10.1 Å². The van der Waals surface area contributed by atoms with Crippen LogP contribution in [-0.4, -0.2) is 38.8 Å². The van der Waals surface area contributed by atoms with E-state index in [-0.39, 0.29) is 29.3 Å². The number of carbonyl (C=O) groups excluding carboxylic acids is 1. The second-order valence-corrected chi connectivity index (χ2v) is 10.5. The largest absolute Gasteiger partial charge is 0.497 e. The molecule has 1 aliphatic heterocycles. The van der Waals surface area contributed by atoms with Crippen molar-refractivity contribution in [2.75, 3.05) is 20.2 Å². The molecule has 8 heteroatoms. The molecule has 0 spiro atoms. The highest BCUT2D eigenvalue weighted by Crippen LogP contribution is 2.33. The summed E-state index contributed by atoms with van der Waals surface area (Å²) >= 11 is 5.89. The van der Waals surface area contributed by atoms with E-state index in [4.69, 9.17) is 16.3 Å². The van der Waals surface area contributed by atoms with Gasteiger partial charge in [-0.1, -0.05) is 17.7 Å². The summed E-state index contributed by atoms with van der Waals surface area (Å²) in [5.74, 6) is 0.380. The molecule has 0 radical (unpaired) electrons. The van der Waals surface area contributed by atoms with Crippen LogP contribution in [0.25, 0.3) is 0 Å². The van der Waals surface area contributed by atoms with E-state index in [1.165, 1.54) is 22.0 Å². The standard InChI is InChI=1S/C23H27ClN2O4S/c1-30-19-9-12-21-16(14-19)4-2-6-22(21)25-23(27)17-5-3-13-26(15-17)31(28,29)20-10-7-18(24)8-11-20/h7-12,14,17,22H,2-6,13,15H2,1H3,(H,25,27)/t17-,22+/m1/s1. The van der Waals surface area contributed by atoms with E-state index < -0.39 is 10.0 Å². The predicted molar refractivity (Wildman–Crippen MR) is 120 cm³/mol. The molecule has 2 aliphatic rings. The van der Waals surface area contributed by atoms with Crippen molar-refractivity contribution in [2.45, 2.75) is 43.0 Å². The van der Waals surface area contributed by atoms with E-state index in [1.807, 2.05) is 18.2 Å². The van der Waals surface area contributed by atoms with Gasteiger partial charge in [0.2, 0.25) is 15.9 Å². The van der Waals surface area contributed by atoms with Gasteiger partial charge in [-0.15, -0.1) is 0 Å². The SMILES string of the molecule is COc1ccc2c(c1)CCC[C@@H]2NC(=O)[C@@H]1CCCN(S(=O)(=O)c2ccc(Cl)cc2)C1. The number of aryl methyl sites for hydroxylation is 1. The zero-order valence-corrected chi connectivity index (χ0v) is 19.1. The van der Waals surface area contributed by atoms with Gasteiger partial charge in [0.25, 0.3) is 0 Å². The first-order chi connectivity index (χ1) is 14.9. The molecule has 1 heterocycles. The number of nitrogens with zero attached hydrogens (tertiary/aromatic N) is 1. The molecule has 0 unspecified atom stereocenters. The van der Waals surface area contributed by atoms with Gasteiger partial charge < -0.3 is 10.1 Å². The zero-order valence-electron chi connectivity index (χ0n) is 17.5. The van der Waals surface area contributed by atoms with Crippen LogP contribution in [0.5, 0.6) is 5.75 Å². The third kappa shape index (κ3) is 4.73. The number of ether oxygens (including phenoxy) is 1. The van der Waals surface area contributed by atoms with Crippen LogP contribution >= 0.6 is 11.6 Å². The summed E-state index contributed by atoms with van der Waals surface area (Å²) in [6.45, 7) is 0.611. The number of benzene rings is 2. The quantitative estimate of drug-likeness (QED) is 0.730. The molecule has 1 fully saturated rings. The highest BCUT2D eigenvalue weighted by molar-refractivity contribution is 7.89. The molecular weight excluding hydrogens is 436 g/mol. The molecule has 2 atom stereocenters. The Morgan fingerprint density at radius 3 is 2.65 bits per heavy atom. The number of methoxy groups -OCH3 is 1. The molecule has 166 valence electrons. The summed E-state index contributed by atoms with van der Waals surface area (Å²) < 4.78 is 32.8. The maximum Gasteiger partial charge on any atom is 0.243 e. The maximum atomic E-state index is 13.1. The van der Waals surface area contributed by atoms with E-state index in [9.17, 15) is 13.2 Å². The van der Waals surface area contributed by atoms with Gasteiger partial charge in [0.05, 0.1) is 24.0 Å². The summed E-state index contributed by atoms with van der Waals surface area (Å²) in [5.41, 5.74) is 2.33. The molecule has 2 aromatic carbocycles. The van der Waals surface area contributed by atoms with Crippen LogP contribution in [0.1, 0.15) is 42.9 Å². The van der Waals surface area contributed by atoms with Crippen molar-refractivity contribution in [1.29, 1.82) is 0 Å². The van der Waals surface area contributed by atoms with Gasteiger partial charge in [-0.3, -0.25) is 4.79 Å². The number of rotatable bonds is 5. The third-order valence-electron chi connectivity index (χ3n) is 6.19. The molecule has 31 heavy (non-hydrogen) atoms. The highest BCUT2D eigenvalue weighted by atomic mass is 35.5. The summed E-state index contributed by atoms with van der Waals surface area (Å²) in [4.78, 5) is 13.3. The van der Waals surface area contributed by atoms with Gasteiger partial charge in [0, 0.05) is 18.1 Å². The van der Waals surface area contributed by atoms with Crippen molar-refractivity contribution in [1.82, 2.24) is 9.62 Å². The molecule has 1 saturated heterocycles. The molecule has 1 aliphatic carbocycles. The van der Waals surface area contributed by atoms with Crippen LogP contribution in [-0.2, 0) is 21.2 Å². The lowest BCUT2D eigenvalue weighted by molar-refractivity contribution is -0.127. The number of hydrogen-bond donors (Lipinski definition) is 1. The van der Waals surface area contributed by atoms with Crippen molar-refractivity contribution >= 4 is 27.5 Å². The minimum Gasteiger partial charge on any atom is -0.497 e. The topological polar surface area (TPSA) is 75.7 Å². The van der Waals surface area contributed by atoms with Crippen molar-refractivity contribution in [3.05, 3.63) is 58.6 Å². The van der Waals surface area contributed by atoms with Crippen molar-refractivity contribution in [2.24, 2.45) is 5.92 Å². The van der Waals surface area contributed by atoms with E-state index in [2.05, 4.69) is 5.32 Å². The minimum atomic E-state index is -3.65. The number of nitrogens with one attached hydrogen (secondary N) is 1. The summed E-state index contributed by atoms with van der Waals surface area (Å²) in [5, 5.41) is 3.67. The summed E-state index contributed by atoms with van der Waals surface area (Å²) in [7, 11) is -2.00. The fourth-order valence-corrected chi connectivity index (χ4v) is 6.14. The lowest BCUT2D eigenvalue weighted by atomic mass is 9.87. The zero-order chi connectivity index (χ0) is 22.0. The molecule has 1 amide bonds. The Balaban J connectivity index is 1.46. The van der Waals surface area contributed by atoms with Gasteiger partial charge in [0.15, 0.2) is 0 Å². The highest BCUT2D eigenvalue weighted by Gasteiger charge is 2.34. The van der Waals surface area contributed by atoms with Gasteiger partial charge in [-0.2, -0.15) is 4.31 Å². The Kier molecular flexibility index (Phi) is 6.55. The van der Waals surface area contributed by atoms with Crippen LogP contribution in [0.2, 0.25) is 5.02 Å². The van der Waals surface area contributed by atoms with Crippen molar-refractivity contribution in [3.8, 4) is 5.75 Å². The van der Waals surface area contributed by atoms with E-state index in [1.54, 1.807) is 19.2 Å². The summed E-state index contributed by atoms with van der Waals surface area (Å²) in [6.07, 6.45) is 4.18. The van der Waals surface area contributed by atoms with Gasteiger partial charge in [0.1, 0.15) is 5.75 Å². The number of piperidine rings is 1. The summed E-state index contributed by atoms with van der Waals surface area (Å²) in [6, 6.07) is 12.1. The lowest BCUT2D eigenvalue weighted by Crippen LogP contribution is -2.46. The van der Waals surface area contributed by atoms with Crippen LogP contribution in [0.4, 0.5) is 0 Å². The molecule has 0 bridgehead atoms. The fourth-order valence-electron chi connectivity index (χ4n) is 4.49. The Morgan fingerprint density at radius 2 is 1.90 bits per heavy atom. The average molecular weight is 463 g/mol. The maximum absolute atomic E-state index is 13.1. The second kappa shape index (κ2) is 9.18. The molecule has 0 aromatic heterocycles. The fraction of sp³-hybridized carbons (Fsp3) is 0.435. The van der Waals surface area contributed by atoms with Crippen molar-refractivity contribution in [3.63, 3.8) is 0 Å². The van der Waals surface area contributed by atoms with Gasteiger partial charge in [-0.25, -0.2) is 8.42 Å². The molecule has 6 nitrogen and oxygen atoms in total. The molecule has 4 rings (SSSR count). The van der Waals surface area contributed by atoms with E-state index in [0.29, 0.717) is 24.4 Å². The second-order valence-electron chi connectivity index (χ2n) is 8.17. The predicted octanol–water partition coefficient (Wildman–Crippen LogP) is 3.94. The van der Waals surface area contributed by atoms with E-state index in [0.717, 1.165) is 30.6 Å². The Morgan fingerprint density at radius 1 is 1.13 bits per heavy atom. The molecule has 2 aromatic rings. The molecular formula is C23H27ClN2O4S. The normalized spacial score (nSPS) is 21.9. The first-order valence-corrected chi connectivity index (χ1v) is 12.4. The minimum absolute atomic E-state index is 0.0506. The lowest BCUT2D eigenvalue weighted by Gasteiger charge is -2.33. The number of hydrogen-bond acceptors (Lipinski definition) is 4. The number of sulfonamides is 1. The average Bonchev–Trinajstić information content (AvgIpc) is 2.79. The Bertz CT molecular complexity index is 1060. The number of fused-ring (bicyclic) bond motifs is 1. The third-order valence-corrected chi connectivity index (χ3v) is 8.32. The number of carbonyl (C=O) groups is 1. The smallest absolute Gasteiger partial charge is 0.243 e. The van der Waals surface area contributed by atoms with E-state index >= 15 is 0 Å². The van der Waals surface area contributed by atoms with Gasteiger partial charge >= 0.3 is 0 Å². The first kappa shape index (κ1) is 22.1. The Labute approximate surface area is 188 Å². The number of amides is 1. The monoisotopic (exact) mass is 462 g/mol. The van der Waals surface area contributed by atoms with Crippen LogP contribution in [0.3, 0.4) is 0 Å². The molecule has 0 saturated carbocycles. The first-order valence-electron chi connectivity index (χ1n) is 10.6. The van der Waals surface area contributed by atoms with Gasteiger partial charge in [-0.05, 0) is 79.6 Å². The Hall–Kier alpha value is -2.09. The molecule has 1 N–H and O–H groups in total. The van der Waals surface area contributed by atoms with Crippen LogP contribution in [0, 0.1) is 5.92 Å². The van der Waals surface area contributed by atoms with Crippen LogP contribution in [0.15, 0.2) is 47.4 Å². The van der Waals surface area contributed by atoms with Crippen molar-refractivity contribution < 1.29 is 17.9 Å².